The monoisotopic (exact) mass is 272 g/mol. The number of hydrogen-bond acceptors (Lipinski definition) is 3. The predicted molar refractivity (Wildman–Crippen MR) is 76.0 cm³/mol. The quantitative estimate of drug-likeness (QED) is 0.775. The molecule has 2 heterocycles. The average Bonchev–Trinajstić information content (AvgIpc) is 3.11. The largest absolute Gasteiger partial charge is 0.330 e. The minimum Gasteiger partial charge on any atom is -0.325 e. The van der Waals surface area contributed by atoms with Crippen molar-refractivity contribution in [2.75, 3.05) is 11.9 Å². The van der Waals surface area contributed by atoms with Gasteiger partial charge in [0.2, 0.25) is 5.91 Å². The number of aromatic nitrogens is 2. The lowest BCUT2D eigenvalue weighted by Gasteiger charge is -2.11. The van der Waals surface area contributed by atoms with Gasteiger partial charge in [-0.05, 0) is 43.7 Å². The molecular weight excluding hydrogens is 256 g/mol. The molecule has 0 saturated carbocycles. The van der Waals surface area contributed by atoms with Gasteiger partial charge in [-0.25, -0.2) is 4.79 Å². The Morgan fingerprint density at radius 1 is 1.30 bits per heavy atom. The van der Waals surface area contributed by atoms with E-state index in [1.807, 2.05) is 0 Å². The summed E-state index contributed by atoms with van der Waals surface area (Å²) in [5.74, 6) is -0.00550. The first-order valence-electron chi connectivity index (χ1n) is 6.65. The summed E-state index contributed by atoms with van der Waals surface area (Å²) in [6, 6.07) is 7.09. The number of amides is 1. The minimum atomic E-state index is -0.183. The first kappa shape index (κ1) is 12.7. The third-order valence-corrected chi connectivity index (χ3v) is 3.44. The lowest BCUT2D eigenvalue weighted by molar-refractivity contribution is -0.117. The molecule has 3 rings (SSSR count). The van der Waals surface area contributed by atoms with Crippen molar-refractivity contribution in [2.24, 2.45) is 0 Å². The molecule has 0 aliphatic carbocycles. The normalized spacial score (nSPS) is 18.1. The SMILES string of the molecule is O=C(Nc1ccc(-n2cc[nH]c2=O)cc1)C1CCCN1. The van der Waals surface area contributed by atoms with E-state index in [1.165, 1.54) is 4.57 Å². The molecular formula is C14H16N4O2. The number of nitrogens with one attached hydrogen (secondary N) is 3. The van der Waals surface area contributed by atoms with Crippen LogP contribution in [0.1, 0.15) is 12.8 Å². The van der Waals surface area contributed by atoms with Gasteiger partial charge in [-0.3, -0.25) is 9.36 Å². The number of carbonyl (C=O) groups is 1. The number of carbonyl (C=O) groups excluding carboxylic acids is 1. The van der Waals surface area contributed by atoms with Crippen LogP contribution in [0.15, 0.2) is 41.5 Å². The van der Waals surface area contributed by atoms with Crippen molar-refractivity contribution in [1.82, 2.24) is 14.9 Å². The highest BCUT2D eigenvalue weighted by Crippen LogP contribution is 2.14. The Morgan fingerprint density at radius 3 is 2.70 bits per heavy atom. The number of imidazole rings is 1. The summed E-state index contributed by atoms with van der Waals surface area (Å²) in [5.41, 5.74) is 1.31. The molecule has 1 unspecified atom stereocenters. The molecule has 0 bridgehead atoms. The Bertz CT molecular complexity index is 650. The van der Waals surface area contributed by atoms with Gasteiger partial charge in [0.1, 0.15) is 0 Å². The maximum atomic E-state index is 11.9. The van der Waals surface area contributed by atoms with Crippen LogP contribution in [0.25, 0.3) is 5.69 Å². The van der Waals surface area contributed by atoms with Gasteiger partial charge in [-0.2, -0.15) is 0 Å². The first-order chi connectivity index (χ1) is 9.74. The van der Waals surface area contributed by atoms with Gasteiger partial charge in [0.05, 0.1) is 11.7 Å². The van der Waals surface area contributed by atoms with Gasteiger partial charge in [0.25, 0.3) is 0 Å². The molecule has 1 amide bonds. The minimum absolute atomic E-state index is 0.00550. The summed E-state index contributed by atoms with van der Waals surface area (Å²) in [6.45, 7) is 0.896. The zero-order valence-corrected chi connectivity index (χ0v) is 10.9. The summed E-state index contributed by atoms with van der Waals surface area (Å²) in [4.78, 5) is 26.0. The maximum Gasteiger partial charge on any atom is 0.330 e. The average molecular weight is 272 g/mol. The molecule has 6 nitrogen and oxygen atoms in total. The van der Waals surface area contributed by atoms with Crippen LogP contribution in [0.2, 0.25) is 0 Å². The predicted octanol–water partition coefficient (Wildman–Crippen LogP) is 0.856. The fourth-order valence-electron chi connectivity index (χ4n) is 2.37. The lowest BCUT2D eigenvalue weighted by Crippen LogP contribution is -2.35. The van der Waals surface area contributed by atoms with Crippen LogP contribution < -0.4 is 16.3 Å². The van der Waals surface area contributed by atoms with Crippen LogP contribution in [0.3, 0.4) is 0 Å². The molecule has 0 spiro atoms. The van der Waals surface area contributed by atoms with Crippen molar-refractivity contribution < 1.29 is 4.79 Å². The summed E-state index contributed by atoms with van der Waals surface area (Å²) >= 11 is 0. The highest BCUT2D eigenvalue weighted by atomic mass is 16.2. The van der Waals surface area contributed by atoms with Crippen LogP contribution >= 0.6 is 0 Å². The maximum absolute atomic E-state index is 11.9. The van der Waals surface area contributed by atoms with Crippen LogP contribution in [-0.4, -0.2) is 28.0 Å². The second-order valence-electron chi connectivity index (χ2n) is 4.82. The second-order valence-corrected chi connectivity index (χ2v) is 4.82. The fourth-order valence-corrected chi connectivity index (χ4v) is 2.37. The molecule has 1 aliphatic rings. The second kappa shape index (κ2) is 5.34. The molecule has 3 N–H and O–H groups in total. The number of H-pyrrole nitrogens is 1. The Kier molecular flexibility index (Phi) is 3.39. The summed E-state index contributed by atoms with van der Waals surface area (Å²) in [6.07, 6.45) is 5.16. The van der Waals surface area contributed by atoms with Crippen molar-refractivity contribution >= 4 is 11.6 Å². The van der Waals surface area contributed by atoms with E-state index in [0.717, 1.165) is 30.8 Å². The summed E-state index contributed by atoms with van der Waals surface area (Å²) in [5, 5.41) is 6.03. The van der Waals surface area contributed by atoms with E-state index < -0.39 is 0 Å². The van der Waals surface area contributed by atoms with Crippen LogP contribution in [0.5, 0.6) is 0 Å². The lowest BCUT2D eigenvalue weighted by atomic mass is 10.2. The van der Waals surface area contributed by atoms with Gasteiger partial charge in [-0.15, -0.1) is 0 Å². The molecule has 6 heteroatoms. The van der Waals surface area contributed by atoms with Crippen molar-refractivity contribution in [2.45, 2.75) is 18.9 Å². The Hall–Kier alpha value is -2.34. The van der Waals surface area contributed by atoms with Crippen LogP contribution in [-0.2, 0) is 4.79 Å². The Morgan fingerprint density at radius 2 is 2.10 bits per heavy atom. The molecule has 2 aromatic rings. The van der Waals surface area contributed by atoms with Gasteiger partial charge in [0, 0.05) is 18.1 Å². The molecule has 104 valence electrons. The van der Waals surface area contributed by atoms with E-state index in [2.05, 4.69) is 15.6 Å². The van der Waals surface area contributed by atoms with Crippen molar-refractivity contribution in [3.63, 3.8) is 0 Å². The van der Waals surface area contributed by atoms with Gasteiger partial charge in [0.15, 0.2) is 0 Å². The zero-order valence-electron chi connectivity index (χ0n) is 10.9. The highest BCUT2D eigenvalue weighted by molar-refractivity contribution is 5.95. The van der Waals surface area contributed by atoms with E-state index in [1.54, 1.807) is 36.7 Å². The number of aromatic amines is 1. The number of rotatable bonds is 3. The fraction of sp³-hybridized carbons (Fsp3) is 0.286. The summed E-state index contributed by atoms with van der Waals surface area (Å²) < 4.78 is 1.50. The smallest absolute Gasteiger partial charge is 0.325 e. The van der Waals surface area contributed by atoms with Crippen LogP contribution in [0, 0.1) is 0 Å². The molecule has 20 heavy (non-hydrogen) atoms. The first-order valence-corrected chi connectivity index (χ1v) is 6.65. The van der Waals surface area contributed by atoms with E-state index in [9.17, 15) is 9.59 Å². The highest BCUT2D eigenvalue weighted by Gasteiger charge is 2.21. The number of benzene rings is 1. The Balaban J connectivity index is 1.71. The zero-order chi connectivity index (χ0) is 13.9. The molecule has 1 atom stereocenters. The van der Waals surface area contributed by atoms with E-state index >= 15 is 0 Å². The topological polar surface area (TPSA) is 78.9 Å². The van der Waals surface area contributed by atoms with Crippen LogP contribution in [0.4, 0.5) is 5.69 Å². The molecule has 0 radical (unpaired) electrons. The Labute approximate surface area is 115 Å². The van der Waals surface area contributed by atoms with E-state index in [4.69, 9.17) is 0 Å². The third-order valence-electron chi connectivity index (χ3n) is 3.44. The van der Waals surface area contributed by atoms with Crippen molar-refractivity contribution in [3.8, 4) is 5.69 Å². The number of nitrogens with zero attached hydrogens (tertiary/aromatic N) is 1. The van der Waals surface area contributed by atoms with Crippen molar-refractivity contribution in [3.05, 3.63) is 47.1 Å². The number of anilines is 1. The summed E-state index contributed by atoms with van der Waals surface area (Å²) in [7, 11) is 0. The van der Waals surface area contributed by atoms with Crippen molar-refractivity contribution in [1.29, 1.82) is 0 Å². The van der Waals surface area contributed by atoms with E-state index in [-0.39, 0.29) is 17.6 Å². The molecule has 1 aromatic heterocycles. The van der Waals surface area contributed by atoms with E-state index in [0.29, 0.717) is 0 Å². The molecule has 1 fully saturated rings. The molecule has 1 aliphatic heterocycles. The third kappa shape index (κ3) is 2.50. The molecule has 1 aromatic carbocycles. The van der Waals surface area contributed by atoms with Gasteiger partial charge in [-0.1, -0.05) is 0 Å². The van der Waals surface area contributed by atoms with Gasteiger partial charge >= 0.3 is 5.69 Å². The standard InChI is InChI=1S/C14H16N4O2/c19-13(12-2-1-7-15-12)17-10-3-5-11(6-4-10)18-9-8-16-14(18)20/h3-6,8-9,12,15H,1-2,7H2,(H,16,20)(H,17,19). The number of hydrogen-bond donors (Lipinski definition) is 3. The molecule has 1 saturated heterocycles. The van der Waals surface area contributed by atoms with Gasteiger partial charge < -0.3 is 15.6 Å².